The Bertz CT molecular complexity index is 615. The number of aromatic nitrogens is 1. The minimum atomic E-state index is 0.634. The Labute approximate surface area is 127 Å². The van der Waals surface area contributed by atoms with Crippen LogP contribution >= 0.6 is 0 Å². The van der Waals surface area contributed by atoms with Crippen LogP contribution in [0.25, 0.3) is 10.9 Å². The first kappa shape index (κ1) is 14.2. The average Bonchev–Trinajstić information content (AvgIpc) is 3.00. The third-order valence-corrected chi connectivity index (χ3v) is 4.44. The number of nitrogen functional groups attached to an aromatic ring is 1. The molecule has 2 aromatic rings. The summed E-state index contributed by atoms with van der Waals surface area (Å²) in [6.45, 7) is 5.63. The summed E-state index contributed by atoms with van der Waals surface area (Å²) in [6.07, 6.45) is 7.08. The van der Waals surface area contributed by atoms with Crippen LogP contribution in [0.3, 0.4) is 0 Å². The molecule has 0 atom stereocenters. The van der Waals surface area contributed by atoms with Gasteiger partial charge in [-0.3, -0.25) is 4.98 Å². The Kier molecular flexibility index (Phi) is 4.00. The Hall–Kier alpha value is -1.77. The monoisotopic (exact) mass is 283 g/mol. The number of nitrogens with two attached hydrogens (primary N) is 1. The zero-order valence-corrected chi connectivity index (χ0v) is 13.0. The van der Waals surface area contributed by atoms with Gasteiger partial charge in [-0.05, 0) is 43.0 Å². The highest BCUT2D eigenvalue weighted by atomic mass is 15.2. The Morgan fingerprint density at radius 1 is 1.24 bits per heavy atom. The van der Waals surface area contributed by atoms with E-state index >= 15 is 0 Å². The topological polar surface area (TPSA) is 42.2 Å². The molecule has 0 bridgehead atoms. The SMILES string of the molecule is CC(C)CN(c1ccc2ncccc2c1N)C1CCCC1. The molecular weight excluding hydrogens is 258 g/mol. The molecule has 1 aliphatic carbocycles. The van der Waals surface area contributed by atoms with E-state index in [0.717, 1.165) is 23.1 Å². The minimum absolute atomic E-state index is 0.634. The number of nitrogens with zero attached hydrogens (tertiary/aromatic N) is 2. The lowest BCUT2D eigenvalue weighted by Gasteiger charge is -2.34. The summed E-state index contributed by atoms with van der Waals surface area (Å²) in [4.78, 5) is 6.94. The van der Waals surface area contributed by atoms with E-state index in [0.29, 0.717) is 12.0 Å². The van der Waals surface area contributed by atoms with E-state index in [1.165, 1.54) is 31.4 Å². The molecule has 0 saturated heterocycles. The summed E-state index contributed by atoms with van der Waals surface area (Å²) in [5, 5.41) is 1.07. The highest BCUT2D eigenvalue weighted by Crippen LogP contribution is 2.35. The van der Waals surface area contributed by atoms with Crippen LogP contribution in [0.5, 0.6) is 0 Å². The molecule has 112 valence electrons. The van der Waals surface area contributed by atoms with Crippen LogP contribution in [0.1, 0.15) is 39.5 Å². The van der Waals surface area contributed by atoms with Gasteiger partial charge in [0.25, 0.3) is 0 Å². The summed E-state index contributed by atoms with van der Waals surface area (Å²) < 4.78 is 0. The number of hydrogen-bond donors (Lipinski definition) is 1. The van der Waals surface area contributed by atoms with Crippen molar-refractivity contribution in [3.8, 4) is 0 Å². The number of hydrogen-bond acceptors (Lipinski definition) is 3. The summed E-state index contributed by atoms with van der Waals surface area (Å²) in [7, 11) is 0. The molecule has 1 aromatic heterocycles. The largest absolute Gasteiger partial charge is 0.396 e. The predicted molar refractivity (Wildman–Crippen MR) is 90.6 cm³/mol. The van der Waals surface area contributed by atoms with Gasteiger partial charge in [-0.1, -0.05) is 26.7 Å². The molecule has 0 spiro atoms. The lowest BCUT2D eigenvalue weighted by Crippen LogP contribution is -2.36. The first-order valence-corrected chi connectivity index (χ1v) is 8.06. The number of benzene rings is 1. The van der Waals surface area contributed by atoms with Crippen molar-refractivity contribution in [3.63, 3.8) is 0 Å². The number of pyridine rings is 1. The summed E-state index contributed by atoms with van der Waals surface area (Å²) in [6, 6.07) is 8.94. The second-order valence-corrected chi connectivity index (χ2v) is 6.55. The molecule has 1 saturated carbocycles. The lowest BCUT2D eigenvalue weighted by atomic mass is 10.1. The van der Waals surface area contributed by atoms with E-state index < -0.39 is 0 Å². The van der Waals surface area contributed by atoms with Gasteiger partial charge in [0, 0.05) is 24.2 Å². The highest BCUT2D eigenvalue weighted by Gasteiger charge is 2.25. The Morgan fingerprint density at radius 3 is 2.71 bits per heavy atom. The normalized spacial score (nSPS) is 16.0. The lowest BCUT2D eigenvalue weighted by molar-refractivity contribution is 0.536. The smallest absolute Gasteiger partial charge is 0.0724 e. The second-order valence-electron chi connectivity index (χ2n) is 6.55. The molecule has 3 nitrogen and oxygen atoms in total. The molecule has 1 aromatic carbocycles. The zero-order chi connectivity index (χ0) is 14.8. The van der Waals surface area contributed by atoms with Gasteiger partial charge in [0.1, 0.15) is 0 Å². The molecule has 1 heterocycles. The van der Waals surface area contributed by atoms with E-state index in [4.69, 9.17) is 5.73 Å². The maximum atomic E-state index is 6.48. The molecule has 1 fully saturated rings. The fraction of sp³-hybridized carbons (Fsp3) is 0.500. The Balaban J connectivity index is 2.03. The van der Waals surface area contributed by atoms with Crippen molar-refractivity contribution in [3.05, 3.63) is 30.5 Å². The van der Waals surface area contributed by atoms with Crippen LogP contribution in [0, 0.1) is 5.92 Å². The van der Waals surface area contributed by atoms with Crippen LogP contribution in [-0.4, -0.2) is 17.6 Å². The molecular formula is C18H25N3. The van der Waals surface area contributed by atoms with Gasteiger partial charge in [0.2, 0.25) is 0 Å². The third-order valence-electron chi connectivity index (χ3n) is 4.44. The number of fused-ring (bicyclic) bond motifs is 1. The van der Waals surface area contributed by atoms with Gasteiger partial charge in [0.05, 0.1) is 16.9 Å². The van der Waals surface area contributed by atoms with Crippen molar-refractivity contribution >= 4 is 22.3 Å². The Morgan fingerprint density at radius 2 is 2.00 bits per heavy atom. The summed E-state index contributed by atoms with van der Waals surface area (Å²) in [5.74, 6) is 0.634. The molecule has 0 amide bonds. The van der Waals surface area contributed by atoms with Crippen LogP contribution in [0.15, 0.2) is 30.5 Å². The van der Waals surface area contributed by atoms with Crippen molar-refractivity contribution in [1.29, 1.82) is 0 Å². The van der Waals surface area contributed by atoms with E-state index in [1.807, 2.05) is 12.3 Å². The molecule has 21 heavy (non-hydrogen) atoms. The van der Waals surface area contributed by atoms with Gasteiger partial charge in [-0.25, -0.2) is 0 Å². The summed E-state index contributed by atoms with van der Waals surface area (Å²) in [5.41, 5.74) is 9.54. The van der Waals surface area contributed by atoms with Crippen LogP contribution in [-0.2, 0) is 0 Å². The van der Waals surface area contributed by atoms with E-state index in [2.05, 4.69) is 41.9 Å². The van der Waals surface area contributed by atoms with Gasteiger partial charge in [-0.15, -0.1) is 0 Å². The van der Waals surface area contributed by atoms with Gasteiger partial charge >= 0.3 is 0 Å². The molecule has 1 aliphatic rings. The average molecular weight is 283 g/mol. The number of rotatable bonds is 4. The second kappa shape index (κ2) is 5.92. The molecule has 2 N–H and O–H groups in total. The van der Waals surface area contributed by atoms with Crippen molar-refractivity contribution in [2.24, 2.45) is 5.92 Å². The van der Waals surface area contributed by atoms with E-state index in [9.17, 15) is 0 Å². The third kappa shape index (κ3) is 2.82. The molecule has 0 unspecified atom stereocenters. The predicted octanol–water partition coefficient (Wildman–Crippen LogP) is 4.22. The fourth-order valence-electron chi connectivity index (χ4n) is 3.47. The molecule has 0 radical (unpaired) electrons. The first-order valence-electron chi connectivity index (χ1n) is 8.06. The fourth-order valence-corrected chi connectivity index (χ4v) is 3.47. The molecule has 3 heteroatoms. The first-order chi connectivity index (χ1) is 10.2. The maximum Gasteiger partial charge on any atom is 0.0724 e. The minimum Gasteiger partial charge on any atom is -0.396 e. The van der Waals surface area contributed by atoms with E-state index in [1.54, 1.807) is 0 Å². The standard InChI is InChI=1S/C18H25N3/c1-13(2)12-21(14-6-3-4-7-14)17-10-9-16-15(18(17)19)8-5-11-20-16/h5,8-11,13-14H,3-4,6-7,12,19H2,1-2H3. The number of anilines is 2. The van der Waals surface area contributed by atoms with Crippen molar-refractivity contribution in [2.45, 2.75) is 45.6 Å². The van der Waals surface area contributed by atoms with Crippen LogP contribution in [0.2, 0.25) is 0 Å². The van der Waals surface area contributed by atoms with Crippen molar-refractivity contribution in [1.82, 2.24) is 4.98 Å². The zero-order valence-electron chi connectivity index (χ0n) is 13.0. The molecule has 0 aliphatic heterocycles. The summed E-state index contributed by atoms with van der Waals surface area (Å²) >= 11 is 0. The van der Waals surface area contributed by atoms with Gasteiger partial charge in [0.15, 0.2) is 0 Å². The maximum absolute atomic E-state index is 6.48. The van der Waals surface area contributed by atoms with Gasteiger partial charge < -0.3 is 10.6 Å². The van der Waals surface area contributed by atoms with Crippen molar-refractivity contribution in [2.75, 3.05) is 17.2 Å². The quantitative estimate of drug-likeness (QED) is 0.854. The van der Waals surface area contributed by atoms with Crippen LogP contribution < -0.4 is 10.6 Å². The van der Waals surface area contributed by atoms with Gasteiger partial charge in [-0.2, -0.15) is 0 Å². The van der Waals surface area contributed by atoms with E-state index in [-0.39, 0.29) is 0 Å². The van der Waals surface area contributed by atoms with Crippen LogP contribution in [0.4, 0.5) is 11.4 Å². The molecule has 3 rings (SSSR count). The highest BCUT2D eigenvalue weighted by molar-refractivity contribution is 5.97. The van der Waals surface area contributed by atoms with Crippen molar-refractivity contribution < 1.29 is 0 Å².